The molecule has 2 aromatic heterocycles. The number of carbonyl (C=O) groups is 1. The molecule has 0 bridgehead atoms. The van der Waals surface area contributed by atoms with Gasteiger partial charge in [-0.25, -0.2) is 0 Å². The minimum atomic E-state index is 0.0725. The predicted octanol–water partition coefficient (Wildman–Crippen LogP) is 3.47. The van der Waals surface area contributed by atoms with Crippen LogP contribution in [0.4, 0.5) is 0 Å². The molecule has 114 valence electrons. The van der Waals surface area contributed by atoms with Crippen LogP contribution in [-0.4, -0.2) is 25.2 Å². The van der Waals surface area contributed by atoms with Crippen LogP contribution in [0.5, 0.6) is 0 Å². The first-order valence-electron chi connectivity index (χ1n) is 7.57. The van der Waals surface area contributed by atoms with Gasteiger partial charge in [0, 0.05) is 6.20 Å². The molecule has 0 atom stereocenters. The number of carbonyl (C=O) groups excluding carboxylic acids is 1. The third-order valence-electron chi connectivity index (χ3n) is 3.62. The highest BCUT2D eigenvalue weighted by Gasteiger charge is 2.17. The summed E-state index contributed by atoms with van der Waals surface area (Å²) in [6.07, 6.45) is 6.16. The molecular weight excluding hydrogens is 284 g/mol. The van der Waals surface area contributed by atoms with Crippen molar-refractivity contribution in [1.29, 1.82) is 0 Å². The van der Waals surface area contributed by atoms with Crippen molar-refractivity contribution in [1.82, 2.24) is 19.4 Å². The molecule has 0 amide bonds. The Hall–Kier alpha value is -1.56. The van der Waals surface area contributed by atoms with Crippen molar-refractivity contribution in [3.8, 4) is 0 Å². The Kier molecular flexibility index (Phi) is 5.61. The molecule has 0 aliphatic carbocycles. The Balaban J connectivity index is 2.07. The maximum absolute atomic E-state index is 12.4. The van der Waals surface area contributed by atoms with Crippen LogP contribution in [0.25, 0.3) is 0 Å². The lowest BCUT2D eigenvalue weighted by atomic mass is 10.1. The van der Waals surface area contributed by atoms with Crippen LogP contribution in [0.3, 0.4) is 0 Å². The molecule has 0 unspecified atom stereocenters. The minimum absolute atomic E-state index is 0.0725. The zero-order chi connectivity index (χ0) is 15.2. The highest BCUT2D eigenvalue weighted by molar-refractivity contribution is 7.08. The van der Waals surface area contributed by atoms with Gasteiger partial charge >= 0.3 is 0 Å². The van der Waals surface area contributed by atoms with Gasteiger partial charge in [-0.2, -0.15) is 5.10 Å². The Morgan fingerprint density at radius 3 is 2.76 bits per heavy atom. The molecule has 0 spiro atoms. The minimum Gasteiger partial charge on any atom is -0.293 e. The van der Waals surface area contributed by atoms with Crippen molar-refractivity contribution in [2.45, 2.75) is 58.9 Å². The van der Waals surface area contributed by atoms with Crippen molar-refractivity contribution in [2.24, 2.45) is 0 Å². The van der Waals surface area contributed by atoms with Crippen LogP contribution in [0.15, 0.2) is 12.3 Å². The van der Waals surface area contributed by atoms with Crippen molar-refractivity contribution in [3.63, 3.8) is 0 Å². The van der Waals surface area contributed by atoms with Gasteiger partial charge in [0.25, 0.3) is 0 Å². The smallest absolute Gasteiger partial charge is 0.182 e. The SMILES string of the molecule is CCCc1nnsc1C(=O)Cc1ccn(C(CC)CC)n1. The Morgan fingerprint density at radius 1 is 1.33 bits per heavy atom. The lowest BCUT2D eigenvalue weighted by molar-refractivity contribution is 0.0994. The van der Waals surface area contributed by atoms with Crippen LogP contribution < -0.4 is 0 Å². The number of hydrogen-bond acceptors (Lipinski definition) is 5. The van der Waals surface area contributed by atoms with Gasteiger partial charge in [0.05, 0.1) is 23.9 Å². The summed E-state index contributed by atoms with van der Waals surface area (Å²) >= 11 is 1.19. The summed E-state index contributed by atoms with van der Waals surface area (Å²) in [6, 6.07) is 2.35. The van der Waals surface area contributed by atoms with E-state index in [0.717, 1.165) is 37.1 Å². The second kappa shape index (κ2) is 7.45. The van der Waals surface area contributed by atoms with E-state index < -0.39 is 0 Å². The summed E-state index contributed by atoms with van der Waals surface area (Å²) in [7, 11) is 0. The van der Waals surface area contributed by atoms with E-state index in [1.54, 1.807) is 0 Å². The zero-order valence-corrected chi connectivity index (χ0v) is 13.7. The van der Waals surface area contributed by atoms with Gasteiger partial charge in [-0.15, -0.1) is 5.10 Å². The van der Waals surface area contributed by atoms with Crippen molar-refractivity contribution >= 4 is 17.3 Å². The van der Waals surface area contributed by atoms with Crippen molar-refractivity contribution < 1.29 is 4.79 Å². The molecule has 0 radical (unpaired) electrons. The third kappa shape index (κ3) is 3.75. The summed E-state index contributed by atoms with van der Waals surface area (Å²) in [6.45, 7) is 6.38. The monoisotopic (exact) mass is 306 g/mol. The molecule has 6 heteroatoms. The van der Waals surface area contributed by atoms with Gasteiger partial charge in [0.2, 0.25) is 0 Å². The number of ketones is 1. The van der Waals surface area contributed by atoms with Crippen LogP contribution in [-0.2, 0) is 12.8 Å². The van der Waals surface area contributed by atoms with E-state index in [0.29, 0.717) is 17.3 Å². The molecule has 2 rings (SSSR count). The van der Waals surface area contributed by atoms with Gasteiger partial charge in [-0.3, -0.25) is 9.48 Å². The van der Waals surface area contributed by atoms with Gasteiger partial charge in [0.1, 0.15) is 4.88 Å². The van der Waals surface area contributed by atoms with Gasteiger partial charge in [-0.05, 0) is 36.9 Å². The fourth-order valence-corrected chi connectivity index (χ4v) is 3.05. The molecule has 0 aliphatic heterocycles. The summed E-state index contributed by atoms with van der Waals surface area (Å²) < 4.78 is 5.88. The number of aromatic nitrogens is 4. The Bertz CT molecular complexity index is 586. The molecule has 0 fully saturated rings. The fraction of sp³-hybridized carbons (Fsp3) is 0.600. The van der Waals surface area contributed by atoms with Crippen molar-refractivity contribution in [3.05, 3.63) is 28.5 Å². The quantitative estimate of drug-likeness (QED) is 0.701. The zero-order valence-electron chi connectivity index (χ0n) is 12.9. The highest BCUT2D eigenvalue weighted by atomic mass is 32.1. The summed E-state index contributed by atoms with van der Waals surface area (Å²) in [5.41, 5.74) is 1.65. The molecule has 0 N–H and O–H groups in total. The standard InChI is InChI=1S/C15H22N4OS/c1-4-7-13-15(21-18-16-13)14(20)10-11-8-9-19(17-11)12(5-2)6-3/h8-9,12H,4-7,10H2,1-3H3. The predicted molar refractivity (Wildman–Crippen MR) is 83.8 cm³/mol. The van der Waals surface area contributed by atoms with E-state index in [-0.39, 0.29) is 5.78 Å². The normalized spacial score (nSPS) is 11.2. The molecule has 21 heavy (non-hydrogen) atoms. The van der Waals surface area contributed by atoms with Gasteiger partial charge in [0.15, 0.2) is 5.78 Å². The van der Waals surface area contributed by atoms with E-state index in [4.69, 9.17) is 0 Å². The van der Waals surface area contributed by atoms with Crippen LogP contribution in [0.2, 0.25) is 0 Å². The largest absolute Gasteiger partial charge is 0.293 e. The molecule has 0 saturated carbocycles. The topological polar surface area (TPSA) is 60.7 Å². The van der Waals surface area contributed by atoms with E-state index in [9.17, 15) is 4.79 Å². The van der Waals surface area contributed by atoms with Gasteiger partial charge < -0.3 is 0 Å². The molecule has 0 aromatic carbocycles. The Morgan fingerprint density at radius 2 is 2.10 bits per heavy atom. The van der Waals surface area contributed by atoms with E-state index in [2.05, 4.69) is 35.5 Å². The van der Waals surface area contributed by atoms with Crippen LogP contribution in [0.1, 0.15) is 67.1 Å². The molecular formula is C15H22N4OS. The number of Topliss-reactive ketones (excluding diaryl/α,β-unsaturated/α-hetero) is 1. The maximum Gasteiger partial charge on any atom is 0.182 e. The molecule has 2 aromatic rings. The first-order valence-corrected chi connectivity index (χ1v) is 8.35. The third-order valence-corrected chi connectivity index (χ3v) is 4.43. The second-order valence-corrected chi connectivity index (χ2v) is 5.91. The van der Waals surface area contributed by atoms with Crippen molar-refractivity contribution in [2.75, 3.05) is 0 Å². The van der Waals surface area contributed by atoms with E-state index >= 15 is 0 Å². The summed E-state index contributed by atoms with van der Waals surface area (Å²) in [5, 5.41) is 8.59. The number of rotatable bonds is 8. The summed E-state index contributed by atoms with van der Waals surface area (Å²) in [4.78, 5) is 13.1. The fourth-order valence-electron chi connectivity index (χ4n) is 2.40. The number of aryl methyl sites for hydroxylation is 1. The lowest BCUT2D eigenvalue weighted by Gasteiger charge is -2.12. The second-order valence-electron chi connectivity index (χ2n) is 5.16. The molecule has 5 nitrogen and oxygen atoms in total. The summed E-state index contributed by atoms with van der Waals surface area (Å²) in [5.74, 6) is 0.0725. The molecule has 0 saturated heterocycles. The molecule has 0 aliphatic rings. The highest BCUT2D eigenvalue weighted by Crippen LogP contribution is 2.18. The van der Waals surface area contributed by atoms with Crippen LogP contribution in [0, 0.1) is 0 Å². The first kappa shape index (κ1) is 15.8. The number of nitrogens with zero attached hydrogens (tertiary/aromatic N) is 4. The molecule has 2 heterocycles. The lowest BCUT2D eigenvalue weighted by Crippen LogP contribution is -2.10. The number of hydrogen-bond donors (Lipinski definition) is 0. The first-order chi connectivity index (χ1) is 10.2. The van der Waals surface area contributed by atoms with E-state index in [1.807, 2.05) is 16.9 Å². The van der Waals surface area contributed by atoms with E-state index in [1.165, 1.54) is 11.5 Å². The average Bonchev–Trinajstić information content (AvgIpc) is 3.10. The van der Waals surface area contributed by atoms with Gasteiger partial charge in [-0.1, -0.05) is 31.7 Å². The average molecular weight is 306 g/mol. The van der Waals surface area contributed by atoms with Crippen LogP contribution >= 0.6 is 11.5 Å². The maximum atomic E-state index is 12.4. The Labute approximate surface area is 129 Å².